The Labute approximate surface area is 233 Å². The van der Waals surface area contributed by atoms with Gasteiger partial charge in [-0.15, -0.1) is 0 Å². The zero-order valence-electron chi connectivity index (χ0n) is 24.2. The van der Waals surface area contributed by atoms with Gasteiger partial charge in [0, 0.05) is 24.6 Å². The lowest BCUT2D eigenvalue weighted by Crippen LogP contribution is -2.44. The second-order valence-electron chi connectivity index (χ2n) is 11.4. The van der Waals surface area contributed by atoms with Crippen LogP contribution in [0.5, 0.6) is 0 Å². The minimum absolute atomic E-state index is 0.0270. The summed E-state index contributed by atoms with van der Waals surface area (Å²) >= 11 is 0. The molecular formula is C28H39FN4O4SSi. The van der Waals surface area contributed by atoms with Crippen LogP contribution in [0.25, 0.3) is 17.3 Å². The van der Waals surface area contributed by atoms with Crippen molar-refractivity contribution in [3.63, 3.8) is 0 Å². The summed E-state index contributed by atoms with van der Waals surface area (Å²) < 4.78 is 45.5. The smallest absolute Gasteiger partial charge is 0.239 e. The molecule has 212 valence electrons. The highest BCUT2D eigenvalue weighted by atomic mass is 32.2. The van der Waals surface area contributed by atoms with E-state index in [2.05, 4.69) is 49.9 Å². The molecule has 0 amide bonds. The van der Waals surface area contributed by atoms with Gasteiger partial charge in [-0.3, -0.25) is 4.79 Å². The van der Waals surface area contributed by atoms with Crippen molar-refractivity contribution in [1.82, 2.24) is 9.97 Å². The Kier molecular flexibility index (Phi) is 10.3. The predicted molar refractivity (Wildman–Crippen MR) is 156 cm³/mol. The molecule has 2 rings (SSSR count). The minimum Gasteiger partial charge on any atom is -0.412 e. The van der Waals surface area contributed by atoms with Gasteiger partial charge >= 0.3 is 0 Å². The normalized spacial score (nSPS) is 13.5. The van der Waals surface area contributed by atoms with E-state index in [-0.39, 0.29) is 35.5 Å². The molecule has 1 aromatic heterocycles. The lowest BCUT2D eigenvalue weighted by molar-refractivity contribution is -0.116. The molecule has 1 atom stereocenters. The molecule has 0 N–H and O–H groups in total. The van der Waals surface area contributed by atoms with Crippen LogP contribution < -0.4 is 4.31 Å². The van der Waals surface area contributed by atoms with Gasteiger partial charge < -0.3 is 4.43 Å². The number of anilines is 1. The van der Waals surface area contributed by atoms with Gasteiger partial charge in [0.25, 0.3) is 0 Å². The molecule has 0 radical (unpaired) electrons. The third kappa shape index (κ3) is 8.52. The summed E-state index contributed by atoms with van der Waals surface area (Å²) in [6.07, 6.45) is 3.68. The van der Waals surface area contributed by atoms with Crippen molar-refractivity contribution in [2.24, 2.45) is 0 Å². The molecule has 8 nitrogen and oxygen atoms in total. The number of carbonyl (C=O) groups is 1. The monoisotopic (exact) mass is 574 g/mol. The quantitative estimate of drug-likeness (QED) is 0.236. The van der Waals surface area contributed by atoms with E-state index in [9.17, 15) is 22.9 Å². The van der Waals surface area contributed by atoms with Crippen molar-refractivity contribution in [3.8, 4) is 17.3 Å². The van der Waals surface area contributed by atoms with Crippen LogP contribution in [0.4, 0.5) is 10.3 Å². The van der Waals surface area contributed by atoms with Crippen LogP contribution in [0.3, 0.4) is 0 Å². The number of ketones is 1. The number of halogens is 1. The number of carbonyl (C=O) groups excluding carboxylic acids is 1. The summed E-state index contributed by atoms with van der Waals surface area (Å²) in [5, 5.41) is 9.26. The number of rotatable bonds is 11. The number of hydrogen-bond donors (Lipinski definition) is 0. The van der Waals surface area contributed by atoms with Gasteiger partial charge in [-0.1, -0.05) is 34.6 Å². The molecule has 0 unspecified atom stereocenters. The first-order chi connectivity index (χ1) is 17.9. The Morgan fingerprint density at radius 1 is 1.21 bits per heavy atom. The van der Waals surface area contributed by atoms with Crippen molar-refractivity contribution in [2.75, 3.05) is 17.6 Å². The standard InChI is InChI=1S/C28H39FN4O4SSi/c1-19(2)25-24(15-14-22(34)18-23(16-17-30)37-39(8,9)28(3,4)5)26(20-10-12-21(29)13-11-20)32-27(31-25)33(6)38(7,35)36/h10-15,19,23H,16,18H2,1-9H3/b15-14+/t23-/m0/s1. The summed E-state index contributed by atoms with van der Waals surface area (Å²) in [7, 11) is -4.49. The van der Waals surface area contributed by atoms with Crippen LogP contribution in [0.1, 0.15) is 64.6 Å². The molecule has 0 aliphatic heterocycles. The van der Waals surface area contributed by atoms with Crippen LogP contribution in [0.15, 0.2) is 30.3 Å². The molecule has 0 fully saturated rings. The SMILES string of the molecule is CC(C)c1nc(N(C)S(C)(=O)=O)nc(-c2ccc(F)cc2)c1/C=C/C(=O)C[C@H](CC#N)O[Si](C)(C)C(C)(C)C. The molecule has 1 heterocycles. The number of hydrogen-bond acceptors (Lipinski definition) is 7. The highest BCUT2D eigenvalue weighted by Crippen LogP contribution is 2.38. The fourth-order valence-electron chi connectivity index (χ4n) is 3.52. The van der Waals surface area contributed by atoms with Crippen LogP contribution in [0, 0.1) is 17.1 Å². The predicted octanol–water partition coefficient (Wildman–Crippen LogP) is 6.08. The van der Waals surface area contributed by atoms with Crippen molar-refractivity contribution in [2.45, 2.75) is 77.6 Å². The lowest BCUT2D eigenvalue weighted by atomic mass is 9.97. The Balaban J connectivity index is 2.57. The molecule has 0 saturated carbocycles. The second kappa shape index (κ2) is 12.5. The second-order valence-corrected chi connectivity index (χ2v) is 18.2. The molecular weight excluding hydrogens is 535 g/mol. The first-order valence-electron chi connectivity index (χ1n) is 12.7. The zero-order chi connectivity index (χ0) is 29.8. The third-order valence-electron chi connectivity index (χ3n) is 6.86. The van der Waals surface area contributed by atoms with E-state index in [1.807, 2.05) is 13.8 Å². The van der Waals surface area contributed by atoms with E-state index in [1.54, 1.807) is 18.2 Å². The van der Waals surface area contributed by atoms with E-state index >= 15 is 0 Å². The van der Waals surface area contributed by atoms with Gasteiger partial charge in [-0.2, -0.15) is 5.26 Å². The molecule has 0 bridgehead atoms. The number of nitrogens with zero attached hydrogens (tertiary/aromatic N) is 4. The van der Waals surface area contributed by atoms with Gasteiger partial charge in [-0.05, 0) is 60.5 Å². The zero-order valence-corrected chi connectivity index (χ0v) is 26.1. The summed E-state index contributed by atoms with van der Waals surface area (Å²) in [6.45, 7) is 14.2. The summed E-state index contributed by atoms with van der Waals surface area (Å²) in [4.78, 5) is 22.1. The van der Waals surface area contributed by atoms with E-state index in [1.165, 1.54) is 25.3 Å². The highest BCUT2D eigenvalue weighted by molar-refractivity contribution is 7.92. The summed E-state index contributed by atoms with van der Waals surface area (Å²) in [6, 6.07) is 7.79. The Hall–Kier alpha value is -2.94. The van der Waals surface area contributed by atoms with E-state index in [0.717, 1.165) is 10.6 Å². The van der Waals surface area contributed by atoms with Crippen LogP contribution >= 0.6 is 0 Å². The third-order valence-corrected chi connectivity index (χ3v) is 12.6. The minimum atomic E-state index is -3.65. The highest BCUT2D eigenvalue weighted by Gasteiger charge is 2.39. The number of sulfonamides is 1. The van der Waals surface area contributed by atoms with E-state index in [4.69, 9.17) is 4.43 Å². The molecule has 1 aromatic carbocycles. The molecule has 0 saturated heterocycles. The Bertz CT molecular complexity index is 1360. The van der Waals surface area contributed by atoms with Crippen LogP contribution in [-0.2, 0) is 19.2 Å². The molecule has 0 aliphatic rings. The average Bonchev–Trinajstić information content (AvgIpc) is 2.80. The number of aromatic nitrogens is 2. The Morgan fingerprint density at radius 3 is 2.28 bits per heavy atom. The van der Waals surface area contributed by atoms with Gasteiger partial charge in [0.15, 0.2) is 14.1 Å². The maximum Gasteiger partial charge on any atom is 0.239 e. The lowest BCUT2D eigenvalue weighted by Gasteiger charge is -2.38. The maximum absolute atomic E-state index is 13.7. The van der Waals surface area contributed by atoms with Crippen molar-refractivity contribution in [1.29, 1.82) is 5.26 Å². The van der Waals surface area contributed by atoms with Crippen molar-refractivity contribution < 1.29 is 22.0 Å². The molecule has 0 spiro atoms. The topological polar surface area (TPSA) is 113 Å². The number of nitriles is 1. The van der Waals surface area contributed by atoms with Gasteiger partial charge in [0.05, 0.1) is 36.2 Å². The van der Waals surface area contributed by atoms with Gasteiger partial charge in [0.1, 0.15) is 5.82 Å². The fraction of sp³-hybridized carbons (Fsp3) is 0.500. The molecule has 11 heteroatoms. The average molecular weight is 575 g/mol. The molecule has 0 aliphatic carbocycles. The van der Waals surface area contributed by atoms with Gasteiger partial charge in [0.2, 0.25) is 16.0 Å². The fourth-order valence-corrected chi connectivity index (χ4v) is 5.25. The first-order valence-corrected chi connectivity index (χ1v) is 17.5. The van der Waals surface area contributed by atoms with Crippen molar-refractivity contribution >= 4 is 36.1 Å². The summed E-state index contributed by atoms with van der Waals surface area (Å²) in [5.41, 5.74) is 1.97. The molecule has 2 aromatic rings. The maximum atomic E-state index is 13.7. The van der Waals surface area contributed by atoms with E-state index in [0.29, 0.717) is 22.5 Å². The number of benzene rings is 1. The van der Waals surface area contributed by atoms with E-state index < -0.39 is 30.3 Å². The van der Waals surface area contributed by atoms with Crippen LogP contribution in [-0.4, -0.2) is 51.9 Å². The Morgan fingerprint density at radius 2 is 1.79 bits per heavy atom. The largest absolute Gasteiger partial charge is 0.412 e. The van der Waals surface area contributed by atoms with Gasteiger partial charge in [-0.25, -0.2) is 27.1 Å². The number of allylic oxidation sites excluding steroid dienone is 1. The van der Waals surface area contributed by atoms with Crippen molar-refractivity contribution in [3.05, 3.63) is 47.4 Å². The first kappa shape index (κ1) is 32.3. The summed E-state index contributed by atoms with van der Waals surface area (Å²) in [5.74, 6) is -0.836. The van der Waals surface area contributed by atoms with Crippen LogP contribution in [0.2, 0.25) is 18.1 Å². The molecule has 39 heavy (non-hydrogen) atoms.